The van der Waals surface area contributed by atoms with Crippen molar-refractivity contribution in [2.24, 2.45) is 0 Å². The lowest BCUT2D eigenvalue weighted by molar-refractivity contribution is -0.138. The lowest BCUT2D eigenvalue weighted by atomic mass is 10.0. The van der Waals surface area contributed by atoms with Crippen LogP contribution >= 0.6 is 11.8 Å². The summed E-state index contributed by atoms with van der Waals surface area (Å²) in [5.41, 5.74) is 6.46. The number of allylic oxidation sites excluding steroid dienone is 5. The molecule has 2 rings (SSSR count). The number of carbonyl (C=O) groups is 2. The molecular formula is C31H39NO3S. The highest BCUT2D eigenvalue weighted by Gasteiger charge is 2.20. The Hall–Kier alpha value is -3.05. The van der Waals surface area contributed by atoms with Gasteiger partial charge in [-0.2, -0.15) is 11.8 Å². The van der Waals surface area contributed by atoms with Crippen molar-refractivity contribution in [1.82, 2.24) is 5.32 Å². The molecule has 0 radical (unpaired) electrons. The van der Waals surface area contributed by atoms with Crippen LogP contribution in [0.1, 0.15) is 63.7 Å². The highest BCUT2D eigenvalue weighted by atomic mass is 32.2. The molecule has 0 saturated heterocycles. The molecule has 0 saturated carbocycles. The van der Waals surface area contributed by atoms with Crippen molar-refractivity contribution >= 4 is 23.6 Å². The van der Waals surface area contributed by atoms with Crippen LogP contribution in [0.4, 0.5) is 0 Å². The Bertz CT molecular complexity index is 1080. The topological polar surface area (TPSA) is 66.4 Å². The summed E-state index contributed by atoms with van der Waals surface area (Å²) >= 11 is 1.51. The van der Waals surface area contributed by atoms with Crippen molar-refractivity contribution in [3.05, 3.63) is 95.1 Å². The van der Waals surface area contributed by atoms with Gasteiger partial charge in [0, 0.05) is 17.1 Å². The van der Waals surface area contributed by atoms with Crippen molar-refractivity contribution < 1.29 is 14.7 Å². The molecule has 0 aromatic heterocycles. The van der Waals surface area contributed by atoms with E-state index in [2.05, 4.69) is 51.2 Å². The maximum Gasteiger partial charge on any atom is 0.327 e. The number of carboxylic acids is 1. The van der Waals surface area contributed by atoms with Crippen LogP contribution in [0.5, 0.6) is 0 Å². The Morgan fingerprint density at radius 3 is 2.17 bits per heavy atom. The third-order valence-corrected chi connectivity index (χ3v) is 6.76. The number of carbonyl (C=O) groups excluding carboxylic acids is 1. The van der Waals surface area contributed by atoms with Gasteiger partial charge in [0.15, 0.2) is 0 Å². The maximum atomic E-state index is 12.8. The van der Waals surface area contributed by atoms with E-state index in [4.69, 9.17) is 0 Å². The van der Waals surface area contributed by atoms with Crippen molar-refractivity contribution in [1.29, 1.82) is 0 Å². The first-order valence-corrected chi connectivity index (χ1v) is 13.6. The monoisotopic (exact) mass is 505 g/mol. The second-order valence-electron chi connectivity index (χ2n) is 9.31. The van der Waals surface area contributed by atoms with E-state index in [1.807, 2.05) is 42.5 Å². The molecule has 0 aliphatic rings. The zero-order valence-corrected chi connectivity index (χ0v) is 22.7. The second kappa shape index (κ2) is 15.8. The summed E-state index contributed by atoms with van der Waals surface area (Å²) in [5.74, 6) is -0.367. The summed E-state index contributed by atoms with van der Waals surface area (Å²) in [5, 5.41) is 12.3. The molecule has 0 unspecified atom stereocenters. The molecule has 0 fully saturated rings. The van der Waals surface area contributed by atoms with Gasteiger partial charge in [0.1, 0.15) is 6.04 Å². The molecule has 2 aromatic rings. The zero-order valence-electron chi connectivity index (χ0n) is 21.9. The van der Waals surface area contributed by atoms with Gasteiger partial charge in [-0.25, -0.2) is 4.79 Å². The van der Waals surface area contributed by atoms with E-state index in [0.29, 0.717) is 11.3 Å². The van der Waals surface area contributed by atoms with Gasteiger partial charge in [0.25, 0.3) is 5.91 Å². The van der Waals surface area contributed by atoms with Crippen LogP contribution in [0.2, 0.25) is 0 Å². The first kappa shape index (κ1) is 29.2. The van der Waals surface area contributed by atoms with Gasteiger partial charge in [-0.3, -0.25) is 4.79 Å². The third-order valence-electron chi connectivity index (χ3n) is 5.79. The number of hydrogen-bond acceptors (Lipinski definition) is 3. The molecule has 4 nitrogen and oxygen atoms in total. The number of carboxylic acid groups (broad SMARTS) is 1. The largest absolute Gasteiger partial charge is 0.480 e. The van der Waals surface area contributed by atoms with Crippen LogP contribution < -0.4 is 5.32 Å². The predicted molar refractivity (Wildman–Crippen MR) is 154 cm³/mol. The van der Waals surface area contributed by atoms with Gasteiger partial charge in [-0.15, -0.1) is 0 Å². The van der Waals surface area contributed by atoms with Crippen LogP contribution in [0.15, 0.2) is 89.5 Å². The number of nitrogens with one attached hydrogen (secondary N) is 1. The first-order valence-electron chi connectivity index (χ1n) is 12.5. The molecule has 0 spiro atoms. The van der Waals surface area contributed by atoms with E-state index in [-0.39, 0.29) is 5.91 Å². The summed E-state index contributed by atoms with van der Waals surface area (Å²) < 4.78 is 0. The Balaban J connectivity index is 1.81. The Morgan fingerprint density at radius 1 is 0.861 bits per heavy atom. The summed E-state index contributed by atoms with van der Waals surface area (Å²) in [6.07, 6.45) is 10.9. The molecule has 0 heterocycles. The van der Waals surface area contributed by atoms with Gasteiger partial charge in [-0.05, 0) is 76.6 Å². The standard InChI is InChI=1S/C31H39NO3S/c1-23(2)11-8-12-24(3)13-9-14-25(4)19-20-36-22-29(31(34)35)32-30(33)28-18-10-17-27(21-28)26-15-6-5-7-16-26/h5-7,10-11,13,15-19,21,29H,8-9,12,14,20,22H2,1-4H3,(H,32,33)(H,34,35)/b24-13+,25-19+/t29-/m0/s1. The number of rotatable bonds is 14. The Labute approximate surface area is 220 Å². The molecule has 2 aromatic carbocycles. The van der Waals surface area contributed by atoms with E-state index in [9.17, 15) is 14.7 Å². The number of benzene rings is 2. The Kier molecular flexibility index (Phi) is 12.8. The molecule has 192 valence electrons. The highest BCUT2D eigenvalue weighted by Crippen LogP contribution is 2.20. The lowest BCUT2D eigenvalue weighted by Gasteiger charge is -2.14. The average Bonchev–Trinajstić information content (AvgIpc) is 2.86. The molecule has 2 N–H and O–H groups in total. The average molecular weight is 506 g/mol. The molecule has 0 aliphatic carbocycles. The molecule has 0 aliphatic heterocycles. The fourth-order valence-electron chi connectivity index (χ4n) is 3.61. The fraction of sp³-hybridized carbons (Fsp3) is 0.355. The third kappa shape index (κ3) is 11.1. The van der Waals surface area contributed by atoms with Crippen LogP contribution in [0.3, 0.4) is 0 Å². The molecule has 1 atom stereocenters. The number of aliphatic carboxylic acids is 1. The quantitative estimate of drug-likeness (QED) is 0.204. The molecule has 1 amide bonds. The minimum Gasteiger partial charge on any atom is -0.480 e. The molecule has 36 heavy (non-hydrogen) atoms. The summed E-state index contributed by atoms with van der Waals surface area (Å²) in [7, 11) is 0. The van der Waals surface area contributed by atoms with Gasteiger partial charge < -0.3 is 10.4 Å². The molecule has 0 bridgehead atoms. The van der Waals surface area contributed by atoms with E-state index >= 15 is 0 Å². The second-order valence-corrected chi connectivity index (χ2v) is 10.4. The maximum absolute atomic E-state index is 12.8. The van der Waals surface area contributed by atoms with Crippen molar-refractivity contribution in [3.63, 3.8) is 0 Å². The van der Waals surface area contributed by atoms with Crippen molar-refractivity contribution in [2.75, 3.05) is 11.5 Å². The van der Waals surface area contributed by atoms with Gasteiger partial charge in [0.2, 0.25) is 0 Å². The zero-order chi connectivity index (χ0) is 26.3. The first-order chi connectivity index (χ1) is 17.3. The van der Waals surface area contributed by atoms with Crippen molar-refractivity contribution in [2.45, 2.75) is 59.4 Å². The number of hydrogen-bond donors (Lipinski definition) is 2. The minimum atomic E-state index is -1.02. The summed E-state index contributed by atoms with van der Waals surface area (Å²) in [6, 6.07) is 16.1. The fourth-order valence-corrected chi connectivity index (χ4v) is 4.61. The van der Waals surface area contributed by atoms with Crippen molar-refractivity contribution in [3.8, 4) is 11.1 Å². The van der Waals surface area contributed by atoms with Crippen LogP contribution in [-0.4, -0.2) is 34.5 Å². The number of amides is 1. The molecule has 5 heteroatoms. The minimum absolute atomic E-state index is 0.312. The molecular weight excluding hydrogens is 466 g/mol. The predicted octanol–water partition coefficient (Wildman–Crippen LogP) is 7.69. The van der Waals surface area contributed by atoms with E-state index in [0.717, 1.165) is 42.6 Å². The van der Waals surface area contributed by atoms with E-state index in [1.54, 1.807) is 12.1 Å². The van der Waals surface area contributed by atoms with Gasteiger partial charge in [-0.1, -0.05) is 77.4 Å². The van der Waals surface area contributed by atoms with Crippen LogP contribution in [-0.2, 0) is 4.79 Å². The normalized spacial score (nSPS) is 12.7. The smallest absolute Gasteiger partial charge is 0.327 e. The van der Waals surface area contributed by atoms with Crippen LogP contribution in [0, 0.1) is 0 Å². The Morgan fingerprint density at radius 2 is 1.50 bits per heavy atom. The van der Waals surface area contributed by atoms with Gasteiger partial charge >= 0.3 is 5.97 Å². The van der Waals surface area contributed by atoms with E-state index < -0.39 is 12.0 Å². The highest BCUT2D eigenvalue weighted by molar-refractivity contribution is 7.99. The van der Waals surface area contributed by atoms with E-state index in [1.165, 1.54) is 28.5 Å². The summed E-state index contributed by atoms with van der Waals surface area (Å²) in [6.45, 7) is 8.56. The van der Waals surface area contributed by atoms with Crippen LogP contribution in [0.25, 0.3) is 11.1 Å². The lowest BCUT2D eigenvalue weighted by Crippen LogP contribution is -2.42. The summed E-state index contributed by atoms with van der Waals surface area (Å²) in [4.78, 5) is 24.5. The SMILES string of the molecule is CC(C)=CCC/C(C)=C/CC/C(C)=C/CSC[C@H](NC(=O)c1cccc(-c2ccccc2)c1)C(=O)O. The van der Waals surface area contributed by atoms with Gasteiger partial charge in [0.05, 0.1) is 0 Å². The number of thioether (sulfide) groups is 1.